The van der Waals surface area contributed by atoms with Gasteiger partial charge in [0.2, 0.25) is 11.0 Å². The Morgan fingerprint density at radius 2 is 1.94 bits per heavy atom. The number of thiazole rings is 1. The average Bonchev–Trinajstić information content (AvgIpc) is 3.26. The molecule has 0 radical (unpaired) electrons. The van der Waals surface area contributed by atoms with Crippen LogP contribution in [-0.2, 0) is 17.7 Å². The van der Waals surface area contributed by atoms with Gasteiger partial charge in [0.25, 0.3) is 5.56 Å². The number of benzene rings is 2. The molecule has 5 rings (SSSR count). The third-order valence-corrected chi connectivity index (χ3v) is 6.95. The van der Waals surface area contributed by atoms with E-state index in [1.807, 2.05) is 6.07 Å². The Kier molecular flexibility index (Phi) is 6.19. The lowest BCUT2D eigenvalue weighted by molar-refractivity contribution is 0.0526. The van der Waals surface area contributed by atoms with Gasteiger partial charge in [0.15, 0.2) is 0 Å². The average molecular weight is 489 g/mol. The van der Waals surface area contributed by atoms with Crippen LogP contribution >= 0.6 is 11.3 Å². The van der Waals surface area contributed by atoms with Crippen LogP contribution in [-0.4, -0.2) is 51.9 Å². The lowest BCUT2D eigenvalue weighted by atomic mass is 10.1. The molecule has 3 heterocycles. The van der Waals surface area contributed by atoms with Gasteiger partial charge in [0.05, 0.1) is 29.1 Å². The van der Waals surface area contributed by atoms with E-state index in [4.69, 9.17) is 4.74 Å². The summed E-state index contributed by atoms with van der Waals surface area (Å²) in [4.78, 5) is 38.0. The molecule has 0 fully saturated rings. The van der Waals surface area contributed by atoms with Crippen molar-refractivity contribution in [3.63, 3.8) is 0 Å². The summed E-state index contributed by atoms with van der Waals surface area (Å²) < 4.78 is 6.25. The molecule has 9 heteroatoms. The second-order valence-electron chi connectivity index (χ2n) is 8.30. The van der Waals surface area contributed by atoms with Crippen LogP contribution < -0.4 is 5.56 Å². The van der Waals surface area contributed by atoms with E-state index in [2.05, 4.69) is 21.9 Å². The minimum atomic E-state index is -0.445. The molecular formula is C26H24N4O4S. The van der Waals surface area contributed by atoms with Crippen LogP contribution in [0.2, 0.25) is 0 Å². The van der Waals surface area contributed by atoms with Crippen LogP contribution in [0.15, 0.2) is 58.3 Å². The number of esters is 1. The summed E-state index contributed by atoms with van der Waals surface area (Å²) >= 11 is 1.54. The van der Waals surface area contributed by atoms with E-state index < -0.39 is 5.97 Å². The number of hydrogen-bond donors (Lipinski definition) is 1. The van der Waals surface area contributed by atoms with E-state index in [0.29, 0.717) is 32.7 Å². The first kappa shape index (κ1) is 22.9. The fourth-order valence-electron chi connectivity index (χ4n) is 4.17. The van der Waals surface area contributed by atoms with Crippen molar-refractivity contribution < 1.29 is 14.6 Å². The standard InChI is InChI=1S/C26H24N4O4S/c1-3-34-25(33)16-8-10-17(11-9-16)30-23(31)19-7-5-4-6-18(19)20(24(30)32)14-27-26-28-21-12-13-29(2)15-22(21)35-26/h4-11,14,32H,3,12-13,15H2,1-2H3. The molecule has 0 unspecified atom stereocenters. The van der Waals surface area contributed by atoms with Crippen LogP contribution in [0.25, 0.3) is 16.5 Å². The van der Waals surface area contributed by atoms with Crippen molar-refractivity contribution in [2.24, 2.45) is 4.99 Å². The largest absolute Gasteiger partial charge is 0.494 e. The molecular weight excluding hydrogens is 464 g/mol. The highest BCUT2D eigenvalue weighted by molar-refractivity contribution is 7.15. The number of aliphatic imine (C=N–C) groups is 1. The number of carbonyl (C=O) groups is 1. The molecule has 8 nitrogen and oxygen atoms in total. The van der Waals surface area contributed by atoms with E-state index in [1.165, 1.54) is 20.8 Å². The number of fused-ring (bicyclic) bond motifs is 2. The van der Waals surface area contributed by atoms with Crippen LogP contribution in [0, 0.1) is 0 Å². The number of likely N-dealkylation sites (N-methyl/N-ethyl adjacent to an activating group) is 1. The SMILES string of the molecule is CCOC(=O)c1ccc(-n2c(O)c(C=Nc3nc4c(s3)CN(C)CC4)c3ccccc3c2=O)cc1. The zero-order valence-electron chi connectivity index (χ0n) is 19.4. The van der Waals surface area contributed by atoms with Gasteiger partial charge in [-0.3, -0.25) is 4.79 Å². The van der Waals surface area contributed by atoms with Crippen LogP contribution in [0.4, 0.5) is 5.13 Å². The van der Waals surface area contributed by atoms with E-state index in [9.17, 15) is 14.7 Å². The fourth-order valence-corrected chi connectivity index (χ4v) is 5.21. The van der Waals surface area contributed by atoms with Crippen molar-refractivity contribution in [2.45, 2.75) is 19.9 Å². The van der Waals surface area contributed by atoms with E-state index in [1.54, 1.807) is 55.6 Å². The van der Waals surface area contributed by atoms with Gasteiger partial charge in [-0.05, 0) is 44.3 Å². The minimum absolute atomic E-state index is 0.234. The molecule has 1 aliphatic heterocycles. The highest BCUT2D eigenvalue weighted by atomic mass is 32.1. The van der Waals surface area contributed by atoms with Gasteiger partial charge in [0, 0.05) is 41.4 Å². The molecule has 35 heavy (non-hydrogen) atoms. The number of aromatic hydroxyl groups is 1. The first-order valence-electron chi connectivity index (χ1n) is 11.3. The predicted octanol–water partition coefficient (Wildman–Crippen LogP) is 4.07. The Morgan fingerprint density at radius 1 is 1.20 bits per heavy atom. The number of hydrogen-bond acceptors (Lipinski definition) is 8. The fraction of sp³-hybridized carbons (Fsp3) is 0.231. The van der Waals surface area contributed by atoms with Crippen molar-refractivity contribution >= 4 is 39.4 Å². The monoisotopic (exact) mass is 488 g/mol. The molecule has 0 atom stereocenters. The Morgan fingerprint density at radius 3 is 2.69 bits per heavy atom. The third-order valence-electron chi connectivity index (χ3n) is 5.95. The molecule has 0 spiro atoms. The van der Waals surface area contributed by atoms with Gasteiger partial charge in [-0.15, -0.1) is 0 Å². The number of carbonyl (C=O) groups excluding carboxylic acids is 1. The molecule has 0 saturated heterocycles. The smallest absolute Gasteiger partial charge is 0.338 e. The van der Waals surface area contributed by atoms with E-state index in [-0.39, 0.29) is 18.0 Å². The van der Waals surface area contributed by atoms with Crippen LogP contribution in [0.5, 0.6) is 5.88 Å². The predicted molar refractivity (Wildman–Crippen MR) is 137 cm³/mol. The van der Waals surface area contributed by atoms with Gasteiger partial charge >= 0.3 is 5.97 Å². The number of ether oxygens (including phenoxy) is 1. The summed E-state index contributed by atoms with van der Waals surface area (Å²) in [5, 5.41) is 12.9. The normalized spacial score (nSPS) is 13.9. The quantitative estimate of drug-likeness (QED) is 0.336. The minimum Gasteiger partial charge on any atom is -0.494 e. The second kappa shape index (κ2) is 9.44. The van der Waals surface area contributed by atoms with Crippen molar-refractivity contribution in [2.75, 3.05) is 20.2 Å². The summed E-state index contributed by atoms with van der Waals surface area (Å²) in [5.74, 6) is -0.679. The van der Waals surface area contributed by atoms with E-state index in [0.717, 1.165) is 25.2 Å². The molecule has 0 saturated carbocycles. The maximum atomic E-state index is 13.3. The maximum Gasteiger partial charge on any atom is 0.338 e. The van der Waals surface area contributed by atoms with E-state index >= 15 is 0 Å². The molecule has 0 amide bonds. The highest BCUT2D eigenvalue weighted by Gasteiger charge is 2.19. The van der Waals surface area contributed by atoms with Crippen LogP contribution in [0.3, 0.4) is 0 Å². The molecule has 0 bridgehead atoms. The Hall–Kier alpha value is -3.82. The zero-order chi connectivity index (χ0) is 24.5. The second-order valence-corrected chi connectivity index (χ2v) is 9.37. The summed E-state index contributed by atoms with van der Waals surface area (Å²) in [6, 6.07) is 13.4. The van der Waals surface area contributed by atoms with Gasteiger partial charge in [-0.25, -0.2) is 19.3 Å². The van der Waals surface area contributed by atoms with Gasteiger partial charge in [-0.1, -0.05) is 29.5 Å². The molecule has 4 aromatic rings. The molecule has 2 aromatic heterocycles. The summed E-state index contributed by atoms with van der Waals surface area (Å²) in [7, 11) is 2.08. The van der Waals surface area contributed by atoms with Crippen molar-refractivity contribution in [1.29, 1.82) is 0 Å². The number of aromatic nitrogens is 2. The van der Waals surface area contributed by atoms with Gasteiger partial charge < -0.3 is 14.7 Å². The lowest BCUT2D eigenvalue weighted by Crippen LogP contribution is -2.25. The molecule has 178 valence electrons. The van der Waals surface area contributed by atoms with Gasteiger partial charge in [0.1, 0.15) is 0 Å². The Bertz CT molecular complexity index is 1500. The Balaban J connectivity index is 1.59. The zero-order valence-corrected chi connectivity index (χ0v) is 20.2. The number of nitrogens with zero attached hydrogens (tertiary/aromatic N) is 4. The molecule has 0 aliphatic carbocycles. The van der Waals surface area contributed by atoms with Crippen molar-refractivity contribution in [3.05, 3.63) is 80.6 Å². The van der Waals surface area contributed by atoms with Crippen molar-refractivity contribution in [3.8, 4) is 11.6 Å². The number of pyridine rings is 1. The van der Waals surface area contributed by atoms with Crippen LogP contribution in [0.1, 0.15) is 33.4 Å². The highest BCUT2D eigenvalue weighted by Crippen LogP contribution is 2.31. The first-order chi connectivity index (χ1) is 17.0. The molecule has 1 N–H and O–H groups in total. The topological polar surface area (TPSA) is 97.0 Å². The molecule has 1 aliphatic rings. The summed E-state index contributed by atoms with van der Waals surface area (Å²) in [5.41, 5.74) is 1.91. The maximum absolute atomic E-state index is 13.3. The number of rotatable bonds is 5. The Labute approximate surface area is 205 Å². The summed E-state index contributed by atoms with van der Waals surface area (Å²) in [6.07, 6.45) is 2.45. The molecule has 2 aromatic carbocycles. The lowest BCUT2D eigenvalue weighted by Gasteiger charge is -2.20. The first-order valence-corrected chi connectivity index (χ1v) is 12.1. The third kappa shape index (κ3) is 4.36. The van der Waals surface area contributed by atoms with Crippen molar-refractivity contribution in [1.82, 2.24) is 14.5 Å². The van der Waals surface area contributed by atoms with Gasteiger partial charge in [-0.2, -0.15) is 0 Å². The summed E-state index contributed by atoms with van der Waals surface area (Å²) in [6.45, 7) is 3.82.